The molecule has 0 saturated heterocycles. The summed E-state index contributed by atoms with van der Waals surface area (Å²) in [5.41, 5.74) is 6.07. The highest BCUT2D eigenvalue weighted by molar-refractivity contribution is 5.78. The summed E-state index contributed by atoms with van der Waals surface area (Å²) in [6.07, 6.45) is 6.86. The van der Waals surface area contributed by atoms with Gasteiger partial charge in [-0.3, -0.25) is 9.69 Å². The van der Waals surface area contributed by atoms with Gasteiger partial charge in [-0.2, -0.15) is 0 Å². The first-order valence-corrected chi connectivity index (χ1v) is 8.14. The molecule has 1 amide bonds. The summed E-state index contributed by atoms with van der Waals surface area (Å²) in [5.74, 6) is 0.830. The van der Waals surface area contributed by atoms with Crippen LogP contribution in [0.25, 0.3) is 0 Å². The van der Waals surface area contributed by atoms with Crippen molar-refractivity contribution in [1.29, 1.82) is 0 Å². The van der Waals surface area contributed by atoms with Crippen LogP contribution in [0.4, 0.5) is 0 Å². The standard InChI is InChI=1S/C16H33N3O/c1-5-7-14(3)18-15(20)11-19(4)16(12-17)9-6-8-13(2)10-16/h13-14H,5-12,17H2,1-4H3,(H,18,20). The van der Waals surface area contributed by atoms with Gasteiger partial charge < -0.3 is 11.1 Å². The Bertz CT molecular complexity index is 308. The van der Waals surface area contributed by atoms with Gasteiger partial charge in [0.1, 0.15) is 0 Å². The molecule has 1 aliphatic rings. The summed E-state index contributed by atoms with van der Waals surface area (Å²) in [6, 6.07) is 0.264. The average Bonchev–Trinajstić information content (AvgIpc) is 2.38. The fourth-order valence-corrected chi connectivity index (χ4v) is 3.53. The van der Waals surface area contributed by atoms with E-state index in [1.54, 1.807) is 0 Å². The number of carbonyl (C=O) groups is 1. The second kappa shape index (κ2) is 7.99. The van der Waals surface area contributed by atoms with Crippen molar-refractivity contribution in [2.75, 3.05) is 20.1 Å². The van der Waals surface area contributed by atoms with Gasteiger partial charge in [-0.1, -0.05) is 33.1 Å². The van der Waals surface area contributed by atoms with E-state index in [0.29, 0.717) is 19.0 Å². The van der Waals surface area contributed by atoms with Gasteiger partial charge in [0.2, 0.25) is 5.91 Å². The normalized spacial score (nSPS) is 28.4. The van der Waals surface area contributed by atoms with Crippen LogP contribution >= 0.6 is 0 Å². The van der Waals surface area contributed by atoms with E-state index in [-0.39, 0.29) is 17.5 Å². The lowest BCUT2D eigenvalue weighted by atomic mass is 9.75. The highest BCUT2D eigenvalue weighted by atomic mass is 16.2. The molecule has 4 nitrogen and oxygen atoms in total. The fraction of sp³-hybridized carbons (Fsp3) is 0.938. The Balaban J connectivity index is 2.54. The van der Waals surface area contributed by atoms with Crippen LogP contribution in [0.2, 0.25) is 0 Å². The molecule has 0 aliphatic heterocycles. The summed E-state index contributed by atoms with van der Waals surface area (Å²) in [7, 11) is 2.05. The monoisotopic (exact) mass is 283 g/mol. The predicted molar refractivity (Wildman–Crippen MR) is 84.6 cm³/mol. The first-order chi connectivity index (χ1) is 9.43. The van der Waals surface area contributed by atoms with Gasteiger partial charge in [-0.05, 0) is 39.2 Å². The third-order valence-electron chi connectivity index (χ3n) is 4.77. The molecule has 3 N–H and O–H groups in total. The predicted octanol–water partition coefficient (Wildman–Crippen LogP) is 2.13. The largest absolute Gasteiger partial charge is 0.353 e. The minimum atomic E-state index is 0.0169. The van der Waals surface area contributed by atoms with Crippen molar-refractivity contribution >= 4 is 5.91 Å². The Morgan fingerprint density at radius 3 is 2.80 bits per heavy atom. The maximum atomic E-state index is 12.1. The van der Waals surface area contributed by atoms with E-state index >= 15 is 0 Å². The van der Waals surface area contributed by atoms with Crippen LogP contribution in [0.5, 0.6) is 0 Å². The van der Waals surface area contributed by atoms with E-state index in [0.717, 1.165) is 25.7 Å². The van der Waals surface area contributed by atoms with Crippen LogP contribution in [0, 0.1) is 5.92 Å². The molecule has 4 heteroatoms. The van der Waals surface area contributed by atoms with E-state index in [1.165, 1.54) is 12.8 Å². The van der Waals surface area contributed by atoms with Crippen LogP contribution in [0.3, 0.4) is 0 Å². The lowest BCUT2D eigenvalue weighted by Gasteiger charge is -2.46. The molecule has 0 radical (unpaired) electrons. The third kappa shape index (κ3) is 4.74. The smallest absolute Gasteiger partial charge is 0.234 e. The van der Waals surface area contributed by atoms with Gasteiger partial charge in [0.05, 0.1) is 6.54 Å². The number of hydrogen-bond donors (Lipinski definition) is 2. The second-order valence-corrected chi connectivity index (χ2v) is 6.74. The molecule has 0 aromatic rings. The number of nitrogens with two attached hydrogens (primary N) is 1. The van der Waals surface area contributed by atoms with Crippen LogP contribution in [-0.4, -0.2) is 42.5 Å². The minimum Gasteiger partial charge on any atom is -0.353 e. The van der Waals surface area contributed by atoms with Gasteiger partial charge in [0.15, 0.2) is 0 Å². The van der Waals surface area contributed by atoms with Gasteiger partial charge >= 0.3 is 0 Å². The number of nitrogens with one attached hydrogen (secondary N) is 1. The fourth-order valence-electron chi connectivity index (χ4n) is 3.53. The molecule has 0 bridgehead atoms. The van der Waals surface area contributed by atoms with Crippen molar-refractivity contribution in [1.82, 2.24) is 10.2 Å². The quantitative estimate of drug-likeness (QED) is 0.752. The number of likely N-dealkylation sites (N-methyl/N-ethyl adjacent to an activating group) is 1. The van der Waals surface area contributed by atoms with E-state index in [2.05, 4.69) is 38.0 Å². The first kappa shape index (κ1) is 17.4. The summed E-state index contributed by atoms with van der Waals surface area (Å²) in [4.78, 5) is 14.3. The summed E-state index contributed by atoms with van der Waals surface area (Å²) < 4.78 is 0. The van der Waals surface area contributed by atoms with E-state index in [9.17, 15) is 4.79 Å². The van der Waals surface area contributed by atoms with Gasteiger partial charge in [0.25, 0.3) is 0 Å². The zero-order chi connectivity index (χ0) is 15.2. The summed E-state index contributed by atoms with van der Waals surface area (Å²) in [6.45, 7) is 7.61. The first-order valence-electron chi connectivity index (χ1n) is 8.14. The summed E-state index contributed by atoms with van der Waals surface area (Å²) in [5, 5.41) is 3.08. The second-order valence-electron chi connectivity index (χ2n) is 6.74. The Morgan fingerprint density at radius 2 is 2.25 bits per heavy atom. The van der Waals surface area contributed by atoms with E-state index in [4.69, 9.17) is 5.73 Å². The number of hydrogen-bond acceptors (Lipinski definition) is 3. The zero-order valence-electron chi connectivity index (χ0n) is 13.7. The molecule has 3 unspecified atom stereocenters. The van der Waals surface area contributed by atoms with Crippen molar-refractivity contribution in [2.24, 2.45) is 11.7 Å². The molecule has 3 atom stereocenters. The highest BCUT2D eigenvalue weighted by Gasteiger charge is 2.37. The van der Waals surface area contributed by atoms with E-state index < -0.39 is 0 Å². The van der Waals surface area contributed by atoms with Crippen molar-refractivity contribution in [3.8, 4) is 0 Å². The van der Waals surface area contributed by atoms with Crippen molar-refractivity contribution in [3.05, 3.63) is 0 Å². The number of carbonyl (C=O) groups excluding carboxylic acids is 1. The number of rotatable bonds is 7. The van der Waals surface area contributed by atoms with Crippen LogP contribution < -0.4 is 11.1 Å². The van der Waals surface area contributed by atoms with Crippen LogP contribution in [-0.2, 0) is 4.79 Å². The topological polar surface area (TPSA) is 58.4 Å². The molecule has 0 aromatic heterocycles. The molecule has 1 rings (SSSR count). The van der Waals surface area contributed by atoms with Gasteiger partial charge in [-0.25, -0.2) is 0 Å². The molecular formula is C16H33N3O. The molecule has 118 valence electrons. The van der Waals surface area contributed by atoms with Gasteiger partial charge in [0, 0.05) is 18.1 Å². The average molecular weight is 283 g/mol. The lowest BCUT2D eigenvalue weighted by Crippen LogP contribution is -2.57. The van der Waals surface area contributed by atoms with E-state index in [1.807, 2.05) is 0 Å². The van der Waals surface area contributed by atoms with Crippen LogP contribution in [0.15, 0.2) is 0 Å². The Kier molecular flexibility index (Phi) is 6.96. The summed E-state index contributed by atoms with van der Waals surface area (Å²) >= 11 is 0. The molecule has 1 aliphatic carbocycles. The molecule has 1 fully saturated rings. The SMILES string of the molecule is CCCC(C)NC(=O)CN(C)C1(CN)CCCC(C)C1. The zero-order valence-corrected chi connectivity index (χ0v) is 13.7. The maximum absolute atomic E-state index is 12.1. The molecule has 0 aromatic carbocycles. The van der Waals surface area contributed by atoms with Crippen molar-refractivity contribution in [3.63, 3.8) is 0 Å². The van der Waals surface area contributed by atoms with Crippen molar-refractivity contribution < 1.29 is 4.79 Å². The Morgan fingerprint density at radius 1 is 1.55 bits per heavy atom. The number of nitrogens with zero attached hydrogens (tertiary/aromatic N) is 1. The molecule has 0 spiro atoms. The Labute approximate surface area is 124 Å². The molecule has 20 heavy (non-hydrogen) atoms. The Hall–Kier alpha value is -0.610. The molecular weight excluding hydrogens is 250 g/mol. The lowest BCUT2D eigenvalue weighted by molar-refractivity contribution is -0.124. The minimum absolute atomic E-state index is 0.0169. The van der Waals surface area contributed by atoms with Gasteiger partial charge in [-0.15, -0.1) is 0 Å². The van der Waals surface area contributed by atoms with Crippen molar-refractivity contribution in [2.45, 2.75) is 70.9 Å². The maximum Gasteiger partial charge on any atom is 0.234 e. The third-order valence-corrected chi connectivity index (χ3v) is 4.77. The van der Waals surface area contributed by atoms with Crippen LogP contribution in [0.1, 0.15) is 59.3 Å². The highest BCUT2D eigenvalue weighted by Crippen LogP contribution is 2.35. The molecule has 1 saturated carbocycles. The number of amides is 1. The molecule has 0 heterocycles.